The number of amides is 1. The molecule has 2 heterocycles. The Kier molecular flexibility index (Phi) is 5.92. The Morgan fingerprint density at radius 3 is 2.69 bits per heavy atom. The molecule has 1 amide bonds. The van der Waals surface area contributed by atoms with Gasteiger partial charge in [-0.2, -0.15) is 0 Å². The molecule has 6 heteroatoms. The van der Waals surface area contributed by atoms with Crippen LogP contribution in [0.2, 0.25) is 0 Å². The second-order valence-corrected chi connectivity index (χ2v) is 8.97. The summed E-state index contributed by atoms with van der Waals surface area (Å²) in [5.41, 5.74) is 4.63. The lowest BCUT2D eigenvalue weighted by molar-refractivity contribution is -0.131. The molecule has 2 aromatic heterocycles. The third-order valence-electron chi connectivity index (χ3n) is 6.10. The van der Waals surface area contributed by atoms with Crippen molar-refractivity contribution in [3.05, 3.63) is 46.8 Å². The molecule has 1 aliphatic carbocycles. The van der Waals surface area contributed by atoms with Crippen LogP contribution in [0, 0.1) is 12.3 Å². The van der Waals surface area contributed by atoms with Crippen LogP contribution in [0.1, 0.15) is 79.6 Å². The van der Waals surface area contributed by atoms with Gasteiger partial charge in [0, 0.05) is 43.2 Å². The van der Waals surface area contributed by atoms with Crippen LogP contribution < -0.4 is 0 Å². The molecular weight excluding hydrogens is 364 g/mol. The van der Waals surface area contributed by atoms with Gasteiger partial charge in [-0.3, -0.25) is 9.59 Å². The van der Waals surface area contributed by atoms with Crippen LogP contribution in [-0.2, 0) is 24.2 Å². The molecule has 0 bridgehead atoms. The summed E-state index contributed by atoms with van der Waals surface area (Å²) < 4.78 is 2.27. The Morgan fingerprint density at radius 1 is 1.34 bits per heavy atom. The zero-order chi connectivity index (χ0) is 21.3. The maximum atomic E-state index is 13.1. The lowest BCUT2D eigenvalue weighted by Gasteiger charge is -2.30. The van der Waals surface area contributed by atoms with E-state index < -0.39 is 0 Å². The molecule has 0 fully saturated rings. The predicted molar refractivity (Wildman–Crippen MR) is 113 cm³/mol. The van der Waals surface area contributed by atoms with Gasteiger partial charge in [0.1, 0.15) is 6.33 Å². The molecule has 29 heavy (non-hydrogen) atoms. The average molecular weight is 397 g/mol. The minimum Gasteiger partial charge on any atom is -0.348 e. The van der Waals surface area contributed by atoms with Crippen LogP contribution in [-0.4, -0.2) is 38.2 Å². The van der Waals surface area contributed by atoms with Crippen molar-refractivity contribution in [1.29, 1.82) is 0 Å². The third-order valence-corrected chi connectivity index (χ3v) is 6.10. The van der Waals surface area contributed by atoms with E-state index in [0.717, 1.165) is 47.6 Å². The number of rotatable bonds is 6. The van der Waals surface area contributed by atoms with Crippen molar-refractivity contribution >= 4 is 11.7 Å². The van der Waals surface area contributed by atoms with E-state index in [1.165, 1.54) is 6.33 Å². The zero-order valence-electron chi connectivity index (χ0n) is 18.5. The number of aromatic nitrogens is 3. The summed E-state index contributed by atoms with van der Waals surface area (Å²) in [6, 6.07) is 1.67. The van der Waals surface area contributed by atoms with E-state index in [-0.39, 0.29) is 29.6 Å². The Balaban J connectivity index is 1.93. The summed E-state index contributed by atoms with van der Waals surface area (Å²) in [4.78, 5) is 36.1. The fourth-order valence-corrected chi connectivity index (χ4v) is 4.39. The van der Waals surface area contributed by atoms with Crippen molar-refractivity contribution in [1.82, 2.24) is 19.4 Å². The van der Waals surface area contributed by atoms with E-state index in [2.05, 4.69) is 35.3 Å². The number of ketones is 1. The largest absolute Gasteiger partial charge is 0.348 e. The van der Waals surface area contributed by atoms with E-state index in [0.29, 0.717) is 6.42 Å². The van der Waals surface area contributed by atoms with Gasteiger partial charge in [-0.1, -0.05) is 20.8 Å². The summed E-state index contributed by atoms with van der Waals surface area (Å²) in [6.07, 6.45) is 5.82. The first-order valence-corrected chi connectivity index (χ1v) is 10.4. The fourth-order valence-electron chi connectivity index (χ4n) is 4.39. The van der Waals surface area contributed by atoms with Crippen molar-refractivity contribution in [2.24, 2.45) is 5.41 Å². The lowest BCUT2D eigenvalue weighted by Crippen LogP contribution is -2.32. The second kappa shape index (κ2) is 8.09. The maximum Gasteiger partial charge on any atom is 0.227 e. The van der Waals surface area contributed by atoms with Gasteiger partial charge in [-0.25, -0.2) is 9.97 Å². The standard InChI is InChI=1S/C23H32N4O2/c1-7-10-27-15(2)17(22-19(27)12-23(4,5)13-20(22)28)11-21(29)26(6)16(3)18-8-9-24-14-25-18/h8-9,14,16H,7,10-13H2,1-6H3. The summed E-state index contributed by atoms with van der Waals surface area (Å²) >= 11 is 0. The van der Waals surface area contributed by atoms with E-state index in [9.17, 15) is 9.59 Å². The summed E-state index contributed by atoms with van der Waals surface area (Å²) in [5, 5.41) is 0. The monoisotopic (exact) mass is 396 g/mol. The highest BCUT2D eigenvalue weighted by molar-refractivity contribution is 6.01. The van der Waals surface area contributed by atoms with Crippen molar-refractivity contribution in [2.75, 3.05) is 7.05 Å². The number of hydrogen-bond acceptors (Lipinski definition) is 4. The van der Waals surface area contributed by atoms with Crippen LogP contribution in [0.3, 0.4) is 0 Å². The highest BCUT2D eigenvalue weighted by Crippen LogP contribution is 2.39. The molecule has 1 unspecified atom stereocenters. The van der Waals surface area contributed by atoms with Gasteiger partial charge in [0.05, 0.1) is 18.2 Å². The highest BCUT2D eigenvalue weighted by atomic mass is 16.2. The van der Waals surface area contributed by atoms with Gasteiger partial charge in [-0.05, 0) is 43.7 Å². The molecule has 6 nitrogen and oxygen atoms in total. The molecule has 0 aliphatic heterocycles. The summed E-state index contributed by atoms with van der Waals surface area (Å²) in [7, 11) is 1.80. The van der Waals surface area contributed by atoms with E-state index in [4.69, 9.17) is 0 Å². The molecule has 0 saturated carbocycles. The van der Waals surface area contributed by atoms with Crippen molar-refractivity contribution in [3.63, 3.8) is 0 Å². The molecule has 0 N–H and O–H groups in total. The lowest BCUT2D eigenvalue weighted by atomic mass is 9.75. The molecule has 3 rings (SSSR count). The quantitative estimate of drug-likeness (QED) is 0.742. The normalized spacial score (nSPS) is 16.4. The van der Waals surface area contributed by atoms with Crippen LogP contribution in [0.4, 0.5) is 0 Å². The zero-order valence-corrected chi connectivity index (χ0v) is 18.5. The Labute approximate surface area is 173 Å². The molecule has 0 spiro atoms. The first-order chi connectivity index (χ1) is 13.7. The first kappa shape index (κ1) is 21.2. The topological polar surface area (TPSA) is 68.1 Å². The summed E-state index contributed by atoms with van der Waals surface area (Å²) in [5.74, 6) is 0.164. The number of carbonyl (C=O) groups excluding carboxylic acids is 2. The van der Waals surface area contributed by atoms with Crippen molar-refractivity contribution in [3.8, 4) is 0 Å². The SMILES string of the molecule is CCCn1c(C)c(CC(=O)N(C)C(C)c2ccncn2)c2c1CC(C)(C)CC2=O. The minimum absolute atomic E-state index is 0.00621. The van der Waals surface area contributed by atoms with Gasteiger partial charge in [-0.15, -0.1) is 0 Å². The number of nitrogens with zero attached hydrogens (tertiary/aromatic N) is 4. The molecule has 1 atom stereocenters. The van der Waals surface area contributed by atoms with Crippen LogP contribution in [0.25, 0.3) is 0 Å². The number of Topliss-reactive ketones (excluding diaryl/α,β-unsaturated/α-hetero) is 1. The molecular formula is C23H32N4O2. The fraction of sp³-hybridized carbons (Fsp3) is 0.565. The van der Waals surface area contributed by atoms with Gasteiger partial charge in [0.25, 0.3) is 0 Å². The first-order valence-electron chi connectivity index (χ1n) is 10.4. The number of hydrogen-bond donors (Lipinski definition) is 0. The van der Waals surface area contributed by atoms with Gasteiger partial charge < -0.3 is 9.47 Å². The average Bonchev–Trinajstić information content (AvgIpc) is 2.92. The van der Waals surface area contributed by atoms with Crippen LogP contribution in [0.5, 0.6) is 0 Å². The molecule has 0 saturated heterocycles. The number of carbonyl (C=O) groups is 2. The van der Waals surface area contributed by atoms with Gasteiger partial charge >= 0.3 is 0 Å². The van der Waals surface area contributed by atoms with E-state index in [1.54, 1.807) is 18.1 Å². The van der Waals surface area contributed by atoms with Crippen LogP contribution in [0.15, 0.2) is 18.6 Å². The number of likely N-dealkylation sites (N-methyl/N-ethyl adjacent to an activating group) is 1. The van der Waals surface area contributed by atoms with Crippen molar-refractivity contribution in [2.45, 2.75) is 72.9 Å². The van der Waals surface area contributed by atoms with E-state index in [1.807, 2.05) is 19.9 Å². The van der Waals surface area contributed by atoms with Gasteiger partial charge in [0.2, 0.25) is 5.91 Å². The second-order valence-electron chi connectivity index (χ2n) is 8.97. The highest BCUT2D eigenvalue weighted by Gasteiger charge is 2.37. The molecule has 0 radical (unpaired) electrons. The molecule has 1 aliphatic rings. The van der Waals surface area contributed by atoms with Crippen molar-refractivity contribution < 1.29 is 9.59 Å². The van der Waals surface area contributed by atoms with Gasteiger partial charge in [0.15, 0.2) is 5.78 Å². The minimum atomic E-state index is -0.158. The molecule has 2 aromatic rings. The predicted octanol–water partition coefficient (Wildman–Crippen LogP) is 3.91. The smallest absolute Gasteiger partial charge is 0.227 e. The Morgan fingerprint density at radius 2 is 2.07 bits per heavy atom. The Bertz CT molecular complexity index is 915. The molecule has 156 valence electrons. The molecule has 0 aromatic carbocycles. The Hall–Kier alpha value is -2.50. The maximum absolute atomic E-state index is 13.1. The van der Waals surface area contributed by atoms with E-state index >= 15 is 0 Å². The van der Waals surface area contributed by atoms with Crippen LogP contribution >= 0.6 is 0 Å². The number of fused-ring (bicyclic) bond motifs is 1. The summed E-state index contributed by atoms with van der Waals surface area (Å²) in [6.45, 7) is 11.3. The third kappa shape index (κ3) is 4.11.